The first-order chi connectivity index (χ1) is 18.1. The van der Waals surface area contributed by atoms with Gasteiger partial charge in [0.2, 0.25) is 0 Å². The number of nitrogens with one attached hydrogen (secondary N) is 2. The van der Waals surface area contributed by atoms with Crippen molar-refractivity contribution in [2.24, 2.45) is 0 Å². The molecule has 0 atom stereocenters. The van der Waals surface area contributed by atoms with Crippen LogP contribution >= 0.6 is 11.8 Å². The van der Waals surface area contributed by atoms with E-state index in [0.29, 0.717) is 32.4 Å². The molecule has 0 radical (unpaired) electrons. The molecule has 1 amide bonds. The Kier molecular flexibility index (Phi) is 7.09. The van der Waals surface area contributed by atoms with Gasteiger partial charge in [-0.15, -0.1) is 0 Å². The number of hydrogen-bond donors (Lipinski definition) is 2. The normalized spacial score (nSPS) is 13.6. The predicted octanol–water partition coefficient (Wildman–Crippen LogP) is 7.16. The van der Waals surface area contributed by atoms with Crippen molar-refractivity contribution in [1.29, 1.82) is 0 Å². The molecule has 5 nitrogen and oxygen atoms in total. The molecule has 0 bridgehead atoms. The molecular formula is C28H26F4N4OS. The van der Waals surface area contributed by atoms with Gasteiger partial charge in [-0.2, -0.15) is 13.2 Å². The van der Waals surface area contributed by atoms with Gasteiger partial charge >= 0.3 is 6.18 Å². The third-order valence-electron chi connectivity index (χ3n) is 6.24. The molecular weight excluding hydrogens is 516 g/mol. The van der Waals surface area contributed by atoms with Crippen molar-refractivity contribution in [3.05, 3.63) is 77.4 Å². The van der Waals surface area contributed by atoms with Crippen molar-refractivity contribution in [1.82, 2.24) is 14.7 Å². The minimum atomic E-state index is -4.29. The zero-order valence-electron chi connectivity index (χ0n) is 20.8. The van der Waals surface area contributed by atoms with Crippen LogP contribution in [0.4, 0.5) is 23.2 Å². The van der Waals surface area contributed by atoms with Crippen LogP contribution in [-0.4, -0.2) is 34.1 Å². The molecule has 0 aliphatic heterocycles. The number of imidazole rings is 1. The number of alkyl halides is 3. The number of halogens is 4. The van der Waals surface area contributed by atoms with E-state index in [0.717, 1.165) is 29.5 Å². The summed E-state index contributed by atoms with van der Waals surface area (Å²) < 4.78 is 54.2. The van der Waals surface area contributed by atoms with Gasteiger partial charge in [-0.1, -0.05) is 17.8 Å². The lowest BCUT2D eigenvalue weighted by Crippen LogP contribution is -2.26. The first kappa shape index (κ1) is 26.1. The summed E-state index contributed by atoms with van der Waals surface area (Å²) in [4.78, 5) is 18.4. The van der Waals surface area contributed by atoms with E-state index in [9.17, 15) is 22.4 Å². The van der Waals surface area contributed by atoms with Crippen LogP contribution in [0.2, 0.25) is 0 Å². The van der Waals surface area contributed by atoms with Crippen LogP contribution in [0, 0.1) is 19.7 Å². The largest absolute Gasteiger partial charge is 0.390 e. The standard InChI is InChI=1S/C28H26F4N4OS/c1-16-9-19(29)12-21(10-16)38-22-13-24(33-8-7-28(30,31)32)26-34-14-25(36(26)15-22)18-3-6-23(17(2)11-18)27(37)35-20-4-5-20/h3,6,9-15,20,33H,4-5,7-8H2,1-2H3,(H,35,37). The molecule has 0 unspecified atom stereocenters. The van der Waals surface area contributed by atoms with Gasteiger partial charge in [-0.05, 0) is 74.2 Å². The van der Waals surface area contributed by atoms with Crippen LogP contribution in [0.3, 0.4) is 0 Å². The molecule has 1 aliphatic rings. The van der Waals surface area contributed by atoms with Crippen LogP contribution in [0.15, 0.2) is 64.6 Å². The van der Waals surface area contributed by atoms with Crippen LogP contribution in [0.25, 0.3) is 16.9 Å². The Bertz CT molecular complexity index is 1490. The number of benzene rings is 2. The SMILES string of the molecule is Cc1cc(F)cc(Sc2cc(NCCC(F)(F)F)c3ncc(-c4ccc(C(=O)NC5CC5)c(C)c4)n3c2)c1. The minimum absolute atomic E-state index is 0.102. The molecule has 38 heavy (non-hydrogen) atoms. The third kappa shape index (κ3) is 6.12. The Hall–Kier alpha value is -3.53. The van der Waals surface area contributed by atoms with Crippen molar-refractivity contribution in [2.45, 2.75) is 55.1 Å². The third-order valence-corrected chi connectivity index (χ3v) is 7.17. The molecule has 2 aromatic heterocycles. The molecule has 2 aromatic carbocycles. The molecule has 4 aromatic rings. The number of hydrogen-bond acceptors (Lipinski definition) is 4. The molecule has 2 N–H and O–H groups in total. The highest BCUT2D eigenvalue weighted by Gasteiger charge is 2.27. The lowest BCUT2D eigenvalue weighted by molar-refractivity contribution is -0.131. The fraction of sp³-hybridized carbons (Fsp3) is 0.286. The van der Waals surface area contributed by atoms with E-state index >= 15 is 0 Å². The van der Waals surface area contributed by atoms with Crippen molar-refractivity contribution < 1.29 is 22.4 Å². The fourth-order valence-electron chi connectivity index (χ4n) is 4.27. The highest BCUT2D eigenvalue weighted by atomic mass is 32.2. The number of amides is 1. The second kappa shape index (κ2) is 10.3. The van der Waals surface area contributed by atoms with Gasteiger partial charge in [0.1, 0.15) is 5.82 Å². The number of anilines is 1. The number of nitrogens with zero attached hydrogens (tertiary/aromatic N) is 2. The Morgan fingerprint density at radius 3 is 2.58 bits per heavy atom. The van der Waals surface area contributed by atoms with Gasteiger partial charge in [-0.25, -0.2) is 9.37 Å². The molecule has 2 heterocycles. The molecule has 198 valence electrons. The Morgan fingerprint density at radius 2 is 1.89 bits per heavy atom. The Balaban J connectivity index is 1.52. The summed E-state index contributed by atoms with van der Waals surface area (Å²) in [5, 5.41) is 5.87. The zero-order chi connectivity index (χ0) is 27.0. The summed E-state index contributed by atoms with van der Waals surface area (Å²) in [6.07, 6.45) is 0.209. The van der Waals surface area contributed by atoms with E-state index in [1.54, 1.807) is 25.3 Å². The number of carbonyl (C=O) groups is 1. The molecule has 1 fully saturated rings. The van der Waals surface area contributed by atoms with Crippen molar-refractivity contribution in [2.75, 3.05) is 11.9 Å². The van der Waals surface area contributed by atoms with Gasteiger partial charge in [-0.3, -0.25) is 9.20 Å². The quantitative estimate of drug-likeness (QED) is 0.232. The Morgan fingerprint density at radius 1 is 1.11 bits per heavy atom. The molecule has 0 spiro atoms. The van der Waals surface area contributed by atoms with Crippen molar-refractivity contribution in [3.63, 3.8) is 0 Å². The maximum absolute atomic E-state index is 14.0. The van der Waals surface area contributed by atoms with E-state index in [4.69, 9.17) is 0 Å². The summed E-state index contributed by atoms with van der Waals surface area (Å²) in [6, 6.07) is 12.2. The monoisotopic (exact) mass is 542 g/mol. The van der Waals surface area contributed by atoms with Crippen LogP contribution in [0.1, 0.15) is 40.7 Å². The Labute approximate surface area is 221 Å². The first-order valence-electron chi connectivity index (χ1n) is 12.2. The van der Waals surface area contributed by atoms with Gasteiger partial charge < -0.3 is 10.6 Å². The van der Waals surface area contributed by atoms with Gasteiger partial charge in [0.25, 0.3) is 5.91 Å². The lowest BCUT2D eigenvalue weighted by atomic mass is 10.0. The number of aromatic nitrogens is 2. The van der Waals surface area contributed by atoms with E-state index in [2.05, 4.69) is 15.6 Å². The van der Waals surface area contributed by atoms with E-state index in [1.165, 1.54) is 23.9 Å². The predicted molar refractivity (Wildman–Crippen MR) is 140 cm³/mol. The van der Waals surface area contributed by atoms with Gasteiger partial charge in [0.05, 0.1) is 24.0 Å². The van der Waals surface area contributed by atoms with E-state index in [1.807, 2.05) is 35.7 Å². The highest BCUT2D eigenvalue weighted by molar-refractivity contribution is 7.99. The molecule has 1 saturated carbocycles. The molecule has 0 saturated heterocycles. The average Bonchev–Trinajstić information content (AvgIpc) is 3.52. The van der Waals surface area contributed by atoms with Gasteiger partial charge in [0.15, 0.2) is 5.65 Å². The van der Waals surface area contributed by atoms with E-state index in [-0.39, 0.29) is 24.3 Å². The summed E-state index contributed by atoms with van der Waals surface area (Å²) in [5.41, 5.74) is 4.60. The number of carbonyl (C=O) groups excluding carboxylic acids is 1. The number of aryl methyl sites for hydroxylation is 2. The molecule has 1 aliphatic carbocycles. The number of fused-ring (bicyclic) bond motifs is 1. The second-order valence-electron chi connectivity index (χ2n) is 9.56. The summed E-state index contributed by atoms with van der Waals surface area (Å²) >= 11 is 1.31. The van der Waals surface area contributed by atoms with Gasteiger partial charge in [0, 0.05) is 39.7 Å². The number of rotatable bonds is 8. The minimum Gasteiger partial charge on any atom is -0.382 e. The molecule has 5 rings (SSSR count). The van der Waals surface area contributed by atoms with Crippen LogP contribution in [0.5, 0.6) is 0 Å². The summed E-state index contributed by atoms with van der Waals surface area (Å²) in [6.45, 7) is 3.36. The second-order valence-corrected chi connectivity index (χ2v) is 10.7. The van der Waals surface area contributed by atoms with Crippen molar-refractivity contribution >= 4 is 29.0 Å². The zero-order valence-corrected chi connectivity index (χ0v) is 21.6. The summed E-state index contributed by atoms with van der Waals surface area (Å²) in [5.74, 6) is -0.461. The topological polar surface area (TPSA) is 58.4 Å². The average molecular weight is 543 g/mol. The molecule has 10 heteroatoms. The van der Waals surface area contributed by atoms with Crippen LogP contribution < -0.4 is 10.6 Å². The summed E-state index contributed by atoms with van der Waals surface area (Å²) in [7, 11) is 0. The van der Waals surface area contributed by atoms with Crippen molar-refractivity contribution in [3.8, 4) is 11.3 Å². The first-order valence-corrected chi connectivity index (χ1v) is 13.1. The lowest BCUT2D eigenvalue weighted by Gasteiger charge is -2.14. The maximum Gasteiger partial charge on any atom is 0.390 e. The maximum atomic E-state index is 14.0. The van der Waals surface area contributed by atoms with Crippen LogP contribution in [-0.2, 0) is 0 Å². The number of pyridine rings is 1. The fourth-order valence-corrected chi connectivity index (χ4v) is 5.29. The highest BCUT2D eigenvalue weighted by Crippen LogP contribution is 2.35. The smallest absolute Gasteiger partial charge is 0.382 e. The van der Waals surface area contributed by atoms with E-state index < -0.39 is 12.6 Å².